The van der Waals surface area contributed by atoms with E-state index in [9.17, 15) is 4.79 Å². The van der Waals surface area contributed by atoms with Crippen molar-refractivity contribution >= 4 is 27.5 Å². The van der Waals surface area contributed by atoms with Gasteiger partial charge in [0.1, 0.15) is 0 Å². The minimum Gasteiger partial charge on any atom is -0.371 e. The minimum absolute atomic E-state index is 0.0698. The zero-order valence-corrected chi connectivity index (χ0v) is 14.5. The Morgan fingerprint density at radius 1 is 1.38 bits per heavy atom. The molecule has 5 heteroatoms. The van der Waals surface area contributed by atoms with Crippen LogP contribution in [0.4, 0.5) is 5.69 Å². The number of carbonyl (C=O) groups excluding carboxylic acids is 1. The molecule has 1 aliphatic rings. The van der Waals surface area contributed by atoms with E-state index in [4.69, 9.17) is 0 Å². The Bertz CT molecular complexity index is 498. The molecular weight excluding hydrogens is 330 g/mol. The van der Waals surface area contributed by atoms with Crippen molar-refractivity contribution in [3.63, 3.8) is 0 Å². The van der Waals surface area contributed by atoms with Crippen LogP contribution in [-0.2, 0) is 4.79 Å². The first kappa shape index (κ1) is 16.3. The Labute approximate surface area is 135 Å². The highest BCUT2D eigenvalue weighted by atomic mass is 79.9. The molecule has 4 nitrogen and oxygen atoms in total. The van der Waals surface area contributed by atoms with Crippen molar-refractivity contribution in [3.05, 3.63) is 28.2 Å². The third-order valence-electron chi connectivity index (χ3n) is 4.14. The summed E-state index contributed by atoms with van der Waals surface area (Å²) >= 11 is 3.57. The van der Waals surface area contributed by atoms with Gasteiger partial charge in [0, 0.05) is 42.3 Å². The summed E-state index contributed by atoms with van der Waals surface area (Å²) in [6.45, 7) is 5.72. The number of amides is 1. The first-order valence-electron chi connectivity index (χ1n) is 7.50. The molecule has 0 radical (unpaired) electrons. The van der Waals surface area contributed by atoms with Gasteiger partial charge in [-0.25, -0.2) is 0 Å². The molecule has 1 fully saturated rings. The van der Waals surface area contributed by atoms with Crippen LogP contribution in [0.5, 0.6) is 0 Å². The average Bonchev–Trinajstić information content (AvgIpc) is 2.46. The lowest BCUT2D eigenvalue weighted by molar-refractivity contribution is -0.119. The molecule has 0 aliphatic carbocycles. The monoisotopic (exact) mass is 353 g/mol. The lowest BCUT2D eigenvalue weighted by Gasteiger charge is -2.35. The lowest BCUT2D eigenvalue weighted by Crippen LogP contribution is -2.44. The Balaban J connectivity index is 2.12. The van der Waals surface area contributed by atoms with Gasteiger partial charge in [-0.3, -0.25) is 4.79 Å². The van der Waals surface area contributed by atoms with Crippen LogP contribution < -0.4 is 15.5 Å². The number of rotatable bonds is 4. The number of nitrogens with zero attached hydrogens (tertiary/aromatic N) is 1. The van der Waals surface area contributed by atoms with Gasteiger partial charge < -0.3 is 15.5 Å². The van der Waals surface area contributed by atoms with E-state index < -0.39 is 0 Å². The van der Waals surface area contributed by atoms with Gasteiger partial charge in [0.2, 0.25) is 5.91 Å². The van der Waals surface area contributed by atoms with E-state index in [1.807, 2.05) is 7.05 Å². The standard InChI is InChI=1S/C16H24BrN3O/c1-11(18-3)15-5-4-13(17)10-16(15)20-8-6-14(7-9-20)19-12(2)21/h4-5,10-11,14,18H,6-9H2,1-3H3,(H,19,21). The molecule has 1 heterocycles. The molecule has 1 aliphatic heterocycles. The highest BCUT2D eigenvalue weighted by Gasteiger charge is 2.22. The molecule has 1 unspecified atom stereocenters. The summed E-state index contributed by atoms with van der Waals surface area (Å²) in [4.78, 5) is 13.6. The number of anilines is 1. The van der Waals surface area contributed by atoms with Crippen molar-refractivity contribution in [2.24, 2.45) is 0 Å². The van der Waals surface area contributed by atoms with Crippen LogP contribution in [0.1, 0.15) is 38.3 Å². The van der Waals surface area contributed by atoms with Crippen molar-refractivity contribution in [1.82, 2.24) is 10.6 Å². The molecular formula is C16H24BrN3O. The summed E-state index contributed by atoms with van der Waals surface area (Å²) in [6.07, 6.45) is 2.00. The molecule has 1 amide bonds. The molecule has 2 N–H and O–H groups in total. The van der Waals surface area contributed by atoms with Crippen molar-refractivity contribution in [2.45, 2.75) is 38.8 Å². The number of piperidine rings is 1. The number of benzene rings is 1. The molecule has 0 spiro atoms. The second kappa shape index (κ2) is 7.27. The normalized spacial score (nSPS) is 17.6. The average molecular weight is 354 g/mol. The Morgan fingerprint density at radius 2 is 2.05 bits per heavy atom. The number of nitrogens with one attached hydrogen (secondary N) is 2. The van der Waals surface area contributed by atoms with Gasteiger partial charge >= 0.3 is 0 Å². The lowest BCUT2D eigenvalue weighted by atomic mass is 10.0. The predicted octanol–water partition coefficient (Wildman–Crippen LogP) is 2.83. The smallest absolute Gasteiger partial charge is 0.217 e. The van der Waals surface area contributed by atoms with Crippen molar-refractivity contribution in [1.29, 1.82) is 0 Å². The fraction of sp³-hybridized carbons (Fsp3) is 0.562. The first-order valence-corrected chi connectivity index (χ1v) is 8.29. The van der Waals surface area contributed by atoms with Crippen molar-refractivity contribution < 1.29 is 4.79 Å². The number of carbonyl (C=O) groups is 1. The molecule has 1 saturated heterocycles. The van der Waals surface area contributed by atoms with Gasteiger partial charge in [-0.1, -0.05) is 22.0 Å². The summed E-state index contributed by atoms with van der Waals surface area (Å²) in [5, 5.41) is 6.34. The van der Waals surface area contributed by atoms with Crippen LogP contribution in [0.25, 0.3) is 0 Å². The Morgan fingerprint density at radius 3 is 2.62 bits per heavy atom. The van der Waals surface area contributed by atoms with E-state index in [0.29, 0.717) is 12.1 Å². The maximum atomic E-state index is 11.2. The van der Waals surface area contributed by atoms with Gasteiger partial charge in [-0.2, -0.15) is 0 Å². The van der Waals surface area contributed by atoms with Crippen LogP contribution in [0, 0.1) is 0 Å². The van der Waals surface area contributed by atoms with Crippen LogP contribution >= 0.6 is 15.9 Å². The van der Waals surface area contributed by atoms with Crippen LogP contribution in [0.3, 0.4) is 0 Å². The number of hydrogen-bond donors (Lipinski definition) is 2. The third-order valence-corrected chi connectivity index (χ3v) is 4.63. The molecule has 116 valence electrons. The minimum atomic E-state index is 0.0698. The van der Waals surface area contributed by atoms with E-state index in [1.165, 1.54) is 11.3 Å². The highest BCUT2D eigenvalue weighted by Crippen LogP contribution is 2.31. The predicted molar refractivity (Wildman–Crippen MR) is 90.7 cm³/mol. The summed E-state index contributed by atoms with van der Waals surface area (Å²) in [5.74, 6) is 0.0698. The SMILES string of the molecule is CNC(C)c1ccc(Br)cc1N1CCC(NC(C)=O)CC1. The second-order valence-electron chi connectivity index (χ2n) is 5.68. The molecule has 2 rings (SSSR count). The quantitative estimate of drug-likeness (QED) is 0.874. The summed E-state index contributed by atoms with van der Waals surface area (Å²) in [5.41, 5.74) is 2.60. The molecule has 0 bridgehead atoms. The third kappa shape index (κ3) is 4.20. The van der Waals surface area contributed by atoms with Gasteiger partial charge in [-0.15, -0.1) is 0 Å². The maximum absolute atomic E-state index is 11.2. The largest absolute Gasteiger partial charge is 0.371 e. The molecule has 1 aromatic carbocycles. The van der Waals surface area contributed by atoms with Gasteiger partial charge in [0.05, 0.1) is 0 Å². The van der Waals surface area contributed by atoms with E-state index in [1.54, 1.807) is 6.92 Å². The first-order chi connectivity index (χ1) is 10.0. The fourth-order valence-corrected chi connectivity index (χ4v) is 3.21. The van der Waals surface area contributed by atoms with E-state index in [0.717, 1.165) is 30.4 Å². The molecule has 21 heavy (non-hydrogen) atoms. The van der Waals surface area contributed by atoms with Crippen LogP contribution in [0.15, 0.2) is 22.7 Å². The number of halogens is 1. The molecule has 0 saturated carbocycles. The van der Waals surface area contributed by atoms with Gasteiger partial charge in [-0.05, 0) is 44.5 Å². The second-order valence-corrected chi connectivity index (χ2v) is 6.59. The fourth-order valence-electron chi connectivity index (χ4n) is 2.86. The van der Waals surface area contributed by atoms with Crippen molar-refractivity contribution in [3.8, 4) is 0 Å². The number of hydrogen-bond acceptors (Lipinski definition) is 3. The highest BCUT2D eigenvalue weighted by molar-refractivity contribution is 9.10. The van der Waals surface area contributed by atoms with Gasteiger partial charge in [0.25, 0.3) is 0 Å². The Kier molecular flexibility index (Phi) is 5.65. The molecule has 1 aromatic rings. The summed E-state index contributed by atoms with van der Waals surface area (Å²) in [6, 6.07) is 7.11. The van der Waals surface area contributed by atoms with E-state index >= 15 is 0 Å². The van der Waals surface area contributed by atoms with Crippen LogP contribution in [0.2, 0.25) is 0 Å². The zero-order chi connectivity index (χ0) is 15.4. The van der Waals surface area contributed by atoms with Crippen LogP contribution in [-0.4, -0.2) is 32.1 Å². The van der Waals surface area contributed by atoms with Crippen molar-refractivity contribution in [2.75, 3.05) is 25.0 Å². The summed E-state index contributed by atoms with van der Waals surface area (Å²) < 4.78 is 1.11. The summed E-state index contributed by atoms with van der Waals surface area (Å²) in [7, 11) is 1.99. The van der Waals surface area contributed by atoms with E-state index in [-0.39, 0.29) is 5.91 Å². The Hall–Kier alpha value is -1.07. The van der Waals surface area contributed by atoms with Gasteiger partial charge in [0.15, 0.2) is 0 Å². The topological polar surface area (TPSA) is 44.4 Å². The maximum Gasteiger partial charge on any atom is 0.217 e. The molecule has 0 aromatic heterocycles. The van der Waals surface area contributed by atoms with E-state index in [2.05, 4.69) is 56.6 Å². The zero-order valence-electron chi connectivity index (χ0n) is 12.9. The molecule has 1 atom stereocenters.